The van der Waals surface area contributed by atoms with E-state index in [9.17, 15) is 4.79 Å². The standard InChI is InChI=1S/C31H42N2O3/c1-30(2)17-26-18-31(3,21-30)22-33(26)29(34)25-12-14-32(15-13-25)19-24-10-11-27(28(16-24)35-4)36-20-23-8-6-5-7-9-23/h5-11,16,25-26H,12-15,17-22H2,1-4H3/t26-,31-/m1/s1. The number of carbonyl (C=O) groups is 1. The Morgan fingerprint density at radius 2 is 1.72 bits per heavy atom. The SMILES string of the molecule is COc1cc(CN2CCC(C(=O)N3C[C@]4(C)C[C@H]3CC(C)(C)C4)CC2)ccc1OCc1ccccc1. The Kier molecular flexibility index (Phi) is 7.04. The summed E-state index contributed by atoms with van der Waals surface area (Å²) in [6.07, 6.45) is 5.49. The van der Waals surface area contributed by atoms with E-state index in [-0.39, 0.29) is 5.92 Å². The second-order valence-electron chi connectivity index (χ2n) is 12.5. The van der Waals surface area contributed by atoms with Gasteiger partial charge in [-0.3, -0.25) is 9.69 Å². The Labute approximate surface area is 216 Å². The van der Waals surface area contributed by atoms with E-state index in [1.165, 1.54) is 18.4 Å². The molecule has 0 spiro atoms. The molecule has 1 saturated carbocycles. The first-order valence-electron chi connectivity index (χ1n) is 13.6. The number of ether oxygens (including phenoxy) is 2. The molecule has 2 atom stereocenters. The van der Waals surface area contributed by atoms with Crippen molar-refractivity contribution in [3.63, 3.8) is 0 Å². The molecule has 2 aliphatic heterocycles. The van der Waals surface area contributed by atoms with Crippen LogP contribution in [0.1, 0.15) is 64.0 Å². The molecule has 2 aromatic rings. The van der Waals surface area contributed by atoms with Gasteiger partial charge in [-0.2, -0.15) is 0 Å². The van der Waals surface area contributed by atoms with E-state index in [1.54, 1.807) is 7.11 Å². The number of likely N-dealkylation sites (tertiary alicyclic amines) is 2. The van der Waals surface area contributed by atoms with Crippen LogP contribution in [0.25, 0.3) is 0 Å². The summed E-state index contributed by atoms with van der Waals surface area (Å²) in [4.78, 5) is 18.3. The van der Waals surface area contributed by atoms with Crippen molar-refractivity contribution in [3.8, 4) is 11.5 Å². The van der Waals surface area contributed by atoms with Gasteiger partial charge in [0.05, 0.1) is 7.11 Å². The quantitative estimate of drug-likeness (QED) is 0.484. The molecular formula is C31H42N2O3. The Hall–Kier alpha value is -2.53. The summed E-state index contributed by atoms with van der Waals surface area (Å²) in [6.45, 7) is 11.4. The Bertz CT molecular complexity index is 1060. The lowest BCUT2D eigenvalue weighted by Crippen LogP contribution is -2.44. The van der Waals surface area contributed by atoms with Crippen molar-refractivity contribution in [2.45, 2.75) is 72.1 Å². The fraction of sp³-hybridized carbons (Fsp3) is 0.581. The van der Waals surface area contributed by atoms with Crippen LogP contribution in [0.5, 0.6) is 11.5 Å². The average Bonchev–Trinajstić information content (AvgIpc) is 3.12. The molecular weight excluding hydrogens is 448 g/mol. The number of fused-ring (bicyclic) bond motifs is 2. The van der Waals surface area contributed by atoms with Gasteiger partial charge >= 0.3 is 0 Å². The Balaban J connectivity index is 1.14. The number of piperidine rings is 1. The Morgan fingerprint density at radius 1 is 0.972 bits per heavy atom. The lowest BCUT2D eigenvalue weighted by molar-refractivity contribution is -0.138. The highest BCUT2D eigenvalue weighted by Gasteiger charge is 2.51. The average molecular weight is 491 g/mol. The molecule has 0 unspecified atom stereocenters. The summed E-state index contributed by atoms with van der Waals surface area (Å²) in [5, 5.41) is 0. The van der Waals surface area contributed by atoms with E-state index in [2.05, 4.69) is 54.8 Å². The van der Waals surface area contributed by atoms with E-state index >= 15 is 0 Å². The molecule has 36 heavy (non-hydrogen) atoms. The number of benzene rings is 2. The maximum absolute atomic E-state index is 13.5. The highest BCUT2D eigenvalue weighted by atomic mass is 16.5. The highest BCUT2D eigenvalue weighted by Crippen LogP contribution is 2.53. The zero-order valence-electron chi connectivity index (χ0n) is 22.5. The van der Waals surface area contributed by atoms with E-state index < -0.39 is 0 Å². The minimum atomic E-state index is 0.176. The first-order chi connectivity index (χ1) is 17.2. The third kappa shape index (κ3) is 5.56. The van der Waals surface area contributed by atoms with Gasteiger partial charge in [0.1, 0.15) is 6.61 Å². The van der Waals surface area contributed by atoms with Crippen LogP contribution >= 0.6 is 0 Å². The van der Waals surface area contributed by atoms with Crippen molar-refractivity contribution in [2.75, 3.05) is 26.7 Å². The molecule has 2 bridgehead atoms. The molecule has 5 rings (SSSR count). The van der Waals surface area contributed by atoms with E-state index in [0.29, 0.717) is 29.4 Å². The van der Waals surface area contributed by atoms with Crippen LogP contribution in [-0.2, 0) is 17.9 Å². The molecule has 0 radical (unpaired) electrons. The molecule has 1 amide bonds. The molecule has 5 heteroatoms. The number of amides is 1. The minimum absolute atomic E-state index is 0.176. The van der Waals surface area contributed by atoms with Crippen LogP contribution in [-0.4, -0.2) is 48.5 Å². The van der Waals surface area contributed by atoms with Gasteiger partial charge in [0.15, 0.2) is 11.5 Å². The van der Waals surface area contributed by atoms with E-state index in [0.717, 1.165) is 62.5 Å². The lowest BCUT2D eigenvalue weighted by Gasteiger charge is -2.40. The summed E-state index contributed by atoms with van der Waals surface area (Å²) in [7, 11) is 1.69. The highest BCUT2D eigenvalue weighted by molar-refractivity contribution is 5.79. The van der Waals surface area contributed by atoms with Crippen molar-refractivity contribution >= 4 is 5.91 Å². The zero-order valence-corrected chi connectivity index (χ0v) is 22.5. The molecule has 2 heterocycles. The maximum atomic E-state index is 13.5. The van der Waals surface area contributed by atoms with Crippen LogP contribution in [0.4, 0.5) is 0 Å². The lowest BCUT2D eigenvalue weighted by atomic mass is 9.65. The molecule has 0 aromatic heterocycles. The molecule has 3 aliphatic rings. The third-order valence-electron chi connectivity index (χ3n) is 8.51. The van der Waals surface area contributed by atoms with Crippen LogP contribution < -0.4 is 9.47 Å². The maximum Gasteiger partial charge on any atom is 0.226 e. The Morgan fingerprint density at radius 3 is 2.44 bits per heavy atom. The van der Waals surface area contributed by atoms with Crippen molar-refractivity contribution in [2.24, 2.45) is 16.7 Å². The van der Waals surface area contributed by atoms with Gasteiger partial charge in [-0.05, 0) is 79.3 Å². The monoisotopic (exact) mass is 490 g/mol. The van der Waals surface area contributed by atoms with Gasteiger partial charge in [-0.25, -0.2) is 0 Å². The molecule has 3 fully saturated rings. The minimum Gasteiger partial charge on any atom is -0.493 e. The van der Waals surface area contributed by atoms with Crippen LogP contribution in [0.3, 0.4) is 0 Å². The fourth-order valence-electron chi connectivity index (χ4n) is 7.21. The molecule has 2 aromatic carbocycles. The van der Waals surface area contributed by atoms with Gasteiger partial charge in [0.25, 0.3) is 0 Å². The summed E-state index contributed by atoms with van der Waals surface area (Å²) in [5.74, 6) is 2.13. The fourth-order valence-corrected chi connectivity index (χ4v) is 7.21. The largest absolute Gasteiger partial charge is 0.493 e. The molecule has 1 aliphatic carbocycles. The van der Waals surface area contributed by atoms with Crippen molar-refractivity contribution in [1.82, 2.24) is 9.80 Å². The zero-order chi connectivity index (χ0) is 25.3. The first-order valence-corrected chi connectivity index (χ1v) is 13.6. The number of hydrogen-bond donors (Lipinski definition) is 0. The number of hydrogen-bond acceptors (Lipinski definition) is 4. The summed E-state index contributed by atoms with van der Waals surface area (Å²) < 4.78 is 11.6. The van der Waals surface area contributed by atoms with Gasteiger partial charge in [0, 0.05) is 25.0 Å². The van der Waals surface area contributed by atoms with Crippen molar-refractivity contribution < 1.29 is 14.3 Å². The van der Waals surface area contributed by atoms with Crippen LogP contribution in [0.2, 0.25) is 0 Å². The van der Waals surface area contributed by atoms with Gasteiger partial charge in [-0.1, -0.05) is 57.2 Å². The topological polar surface area (TPSA) is 42.0 Å². The van der Waals surface area contributed by atoms with E-state index in [4.69, 9.17) is 9.47 Å². The summed E-state index contributed by atoms with van der Waals surface area (Å²) in [6, 6.07) is 16.9. The van der Waals surface area contributed by atoms with Crippen LogP contribution in [0, 0.1) is 16.7 Å². The number of carbonyl (C=O) groups excluding carboxylic acids is 1. The second-order valence-corrected chi connectivity index (χ2v) is 12.5. The summed E-state index contributed by atoms with van der Waals surface area (Å²) in [5.41, 5.74) is 3.00. The number of nitrogens with zero attached hydrogens (tertiary/aromatic N) is 2. The first kappa shape index (κ1) is 25.1. The predicted molar refractivity (Wildman–Crippen MR) is 143 cm³/mol. The number of rotatable bonds is 7. The second kappa shape index (κ2) is 10.1. The van der Waals surface area contributed by atoms with Crippen molar-refractivity contribution in [3.05, 3.63) is 59.7 Å². The van der Waals surface area contributed by atoms with Crippen LogP contribution in [0.15, 0.2) is 48.5 Å². The summed E-state index contributed by atoms with van der Waals surface area (Å²) >= 11 is 0. The van der Waals surface area contributed by atoms with Gasteiger partial charge < -0.3 is 14.4 Å². The van der Waals surface area contributed by atoms with Crippen molar-refractivity contribution in [1.29, 1.82) is 0 Å². The van der Waals surface area contributed by atoms with E-state index in [1.807, 2.05) is 24.3 Å². The molecule has 2 saturated heterocycles. The van der Waals surface area contributed by atoms with Gasteiger partial charge in [-0.15, -0.1) is 0 Å². The number of methoxy groups -OCH3 is 1. The molecule has 5 nitrogen and oxygen atoms in total. The molecule has 0 N–H and O–H groups in total. The van der Waals surface area contributed by atoms with Gasteiger partial charge in [0.2, 0.25) is 5.91 Å². The predicted octanol–water partition coefficient (Wildman–Crippen LogP) is 5.91. The third-order valence-corrected chi connectivity index (χ3v) is 8.51. The normalized spacial score (nSPS) is 26.1. The smallest absolute Gasteiger partial charge is 0.226 e. The molecule has 194 valence electrons.